The number of rotatable bonds is 6. The molecule has 1 unspecified atom stereocenters. The Kier molecular flexibility index (Phi) is 5.14. The molecule has 0 aliphatic carbocycles. The molecule has 0 aliphatic rings. The number of nitrogens with one attached hydrogen (secondary N) is 1. The Bertz CT molecular complexity index is 567. The lowest BCUT2D eigenvalue weighted by Gasteiger charge is -2.16. The fourth-order valence-electron chi connectivity index (χ4n) is 2.07. The lowest BCUT2D eigenvalue weighted by Crippen LogP contribution is -2.10. The predicted molar refractivity (Wildman–Crippen MR) is 85.7 cm³/mol. The van der Waals surface area contributed by atoms with Gasteiger partial charge in [-0.2, -0.15) is 0 Å². The number of aryl methyl sites for hydroxylation is 1. The zero-order valence-electron chi connectivity index (χ0n) is 13.1. The maximum Gasteiger partial charge on any atom is 0.218 e. The van der Waals surface area contributed by atoms with Crippen LogP contribution >= 0.6 is 0 Å². The Morgan fingerprint density at radius 3 is 2.43 bits per heavy atom. The normalized spacial score (nSPS) is 12.2. The number of hydrogen-bond donors (Lipinski definition) is 1. The van der Waals surface area contributed by atoms with E-state index in [-0.39, 0.29) is 12.1 Å². The van der Waals surface area contributed by atoms with Crippen molar-refractivity contribution >= 4 is 5.82 Å². The first-order valence-electron chi connectivity index (χ1n) is 7.42. The Morgan fingerprint density at radius 1 is 1.10 bits per heavy atom. The standard InChI is InChI=1S/C17H23N3O/c1-5-14-6-8-15(9-7-14)13(4)20-16-10-17(19-11-18-16)21-12(2)3/h6-13H,5H2,1-4H3,(H,18,19,20). The van der Waals surface area contributed by atoms with Crippen LogP contribution in [-0.2, 0) is 6.42 Å². The third kappa shape index (κ3) is 4.45. The zero-order chi connectivity index (χ0) is 15.2. The van der Waals surface area contributed by atoms with Crippen molar-refractivity contribution in [3.8, 4) is 5.88 Å². The Hall–Kier alpha value is -2.10. The van der Waals surface area contributed by atoms with E-state index in [1.54, 1.807) is 0 Å². The molecular formula is C17H23N3O. The van der Waals surface area contributed by atoms with Gasteiger partial charge in [0.15, 0.2) is 0 Å². The van der Waals surface area contributed by atoms with Crippen LogP contribution in [0.4, 0.5) is 5.82 Å². The number of anilines is 1. The molecule has 0 fully saturated rings. The topological polar surface area (TPSA) is 47.0 Å². The lowest BCUT2D eigenvalue weighted by molar-refractivity contribution is 0.232. The number of nitrogens with zero attached hydrogens (tertiary/aromatic N) is 2. The summed E-state index contributed by atoms with van der Waals surface area (Å²) in [5.74, 6) is 1.36. The number of ether oxygens (including phenoxy) is 1. The molecule has 0 amide bonds. The van der Waals surface area contributed by atoms with Gasteiger partial charge in [0.2, 0.25) is 5.88 Å². The molecule has 0 saturated carbocycles. The highest BCUT2D eigenvalue weighted by atomic mass is 16.5. The predicted octanol–water partition coefficient (Wildman–Crippen LogP) is 4.00. The largest absolute Gasteiger partial charge is 0.475 e. The maximum atomic E-state index is 5.58. The molecule has 1 N–H and O–H groups in total. The smallest absolute Gasteiger partial charge is 0.218 e. The lowest BCUT2D eigenvalue weighted by atomic mass is 10.1. The van der Waals surface area contributed by atoms with Crippen LogP contribution in [0.2, 0.25) is 0 Å². The van der Waals surface area contributed by atoms with E-state index in [1.807, 2.05) is 19.9 Å². The van der Waals surface area contributed by atoms with Crippen LogP contribution in [0.1, 0.15) is 44.9 Å². The molecule has 2 aromatic rings. The Morgan fingerprint density at radius 2 is 1.81 bits per heavy atom. The Balaban J connectivity index is 2.05. The van der Waals surface area contributed by atoms with E-state index >= 15 is 0 Å². The van der Waals surface area contributed by atoms with Gasteiger partial charge < -0.3 is 10.1 Å². The van der Waals surface area contributed by atoms with E-state index in [4.69, 9.17) is 4.74 Å². The summed E-state index contributed by atoms with van der Waals surface area (Å²) in [5.41, 5.74) is 2.58. The molecule has 0 aliphatic heterocycles. The monoisotopic (exact) mass is 285 g/mol. The first kappa shape index (κ1) is 15.3. The highest BCUT2D eigenvalue weighted by Gasteiger charge is 2.08. The van der Waals surface area contributed by atoms with Crippen LogP contribution in [-0.4, -0.2) is 16.1 Å². The van der Waals surface area contributed by atoms with E-state index in [0.29, 0.717) is 5.88 Å². The molecule has 0 saturated heterocycles. The van der Waals surface area contributed by atoms with Gasteiger partial charge in [0.05, 0.1) is 6.10 Å². The van der Waals surface area contributed by atoms with Crippen molar-refractivity contribution in [3.05, 3.63) is 47.8 Å². The minimum atomic E-state index is 0.103. The summed E-state index contributed by atoms with van der Waals surface area (Å²) >= 11 is 0. The van der Waals surface area contributed by atoms with Gasteiger partial charge >= 0.3 is 0 Å². The summed E-state index contributed by atoms with van der Waals surface area (Å²) in [6.07, 6.45) is 2.68. The van der Waals surface area contributed by atoms with Crippen LogP contribution < -0.4 is 10.1 Å². The molecule has 21 heavy (non-hydrogen) atoms. The minimum absolute atomic E-state index is 0.103. The van der Waals surface area contributed by atoms with Gasteiger partial charge in [-0.25, -0.2) is 9.97 Å². The van der Waals surface area contributed by atoms with E-state index < -0.39 is 0 Å². The molecule has 4 heteroatoms. The van der Waals surface area contributed by atoms with Gasteiger partial charge in [-0.1, -0.05) is 31.2 Å². The van der Waals surface area contributed by atoms with Crippen LogP contribution in [0, 0.1) is 0 Å². The van der Waals surface area contributed by atoms with Crippen molar-refractivity contribution in [1.29, 1.82) is 0 Å². The number of hydrogen-bond acceptors (Lipinski definition) is 4. The van der Waals surface area contributed by atoms with Crippen molar-refractivity contribution in [1.82, 2.24) is 9.97 Å². The molecule has 0 spiro atoms. The molecule has 0 bridgehead atoms. The van der Waals surface area contributed by atoms with Crippen LogP contribution in [0.15, 0.2) is 36.7 Å². The average molecular weight is 285 g/mol. The summed E-state index contributed by atoms with van der Waals surface area (Å²) in [6, 6.07) is 10.7. The summed E-state index contributed by atoms with van der Waals surface area (Å²) in [4.78, 5) is 8.35. The van der Waals surface area contributed by atoms with Crippen LogP contribution in [0.25, 0.3) is 0 Å². The molecule has 1 aromatic carbocycles. The minimum Gasteiger partial charge on any atom is -0.475 e. The second-order valence-corrected chi connectivity index (χ2v) is 5.37. The number of benzene rings is 1. The Labute approximate surface area is 126 Å². The summed E-state index contributed by atoms with van der Waals surface area (Å²) in [5, 5.41) is 3.38. The fraction of sp³-hybridized carbons (Fsp3) is 0.412. The summed E-state index contributed by atoms with van der Waals surface area (Å²) in [7, 11) is 0. The molecular weight excluding hydrogens is 262 g/mol. The number of aromatic nitrogens is 2. The van der Waals surface area contributed by atoms with E-state index in [1.165, 1.54) is 17.5 Å². The van der Waals surface area contributed by atoms with Crippen molar-refractivity contribution in [2.45, 2.75) is 46.3 Å². The van der Waals surface area contributed by atoms with Crippen molar-refractivity contribution in [2.75, 3.05) is 5.32 Å². The van der Waals surface area contributed by atoms with Gasteiger partial charge in [-0.15, -0.1) is 0 Å². The first-order valence-corrected chi connectivity index (χ1v) is 7.42. The maximum absolute atomic E-state index is 5.58. The first-order chi connectivity index (χ1) is 10.1. The van der Waals surface area contributed by atoms with E-state index in [9.17, 15) is 0 Å². The highest BCUT2D eigenvalue weighted by Crippen LogP contribution is 2.20. The fourth-order valence-corrected chi connectivity index (χ4v) is 2.07. The highest BCUT2D eigenvalue weighted by molar-refractivity contribution is 5.40. The zero-order valence-corrected chi connectivity index (χ0v) is 13.1. The molecule has 4 nitrogen and oxygen atoms in total. The van der Waals surface area contributed by atoms with Crippen molar-refractivity contribution < 1.29 is 4.74 Å². The van der Waals surface area contributed by atoms with Gasteiger partial charge in [-0.05, 0) is 38.3 Å². The van der Waals surface area contributed by atoms with Gasteiger partial charge in [0.25, 0.3) is 0 Å². The average Bonchev–Trinajstić information content (AvgIpc) is 2.47. The van der Waals surface area contributed by atoms with Gasteiger partial charge in [0, 0.05) is 12.1 Å². The van der Waals surface area contributed by atoms with E-state index in [2.05, 4.69) is 53.4 Å². The summed E-state index contributed by atoms with van der Waals surface area (Å²) in [6.45, 7) is 8.24. The second-order valence-electron chi connectivity index (χ2n) is 5.37. The SMILES string of the molecule is CCc1ccc(C(C)Nc2cc(OC(C)C)ncn2)cc1. The van der Waals surface area contributed by atoms with Crippen molar-refractivity contribution in [2.24, 2.45) is 0 Å². The van der Waals surface area contributed by atoms with Gasteiger partial charge in [0.1, 0.15) is 12.1 Å². The molecule has 1 aromatic heterocycles. The molecule has 0 radical (unpaired) electrons. The van der Waals surface area contributed by atoms with Crippen LogP contribution in [0.3, 0.4) is 0 Å². The third-order valence-corrected chi connectivity index (χ3v) is 3.25. The van der Waals surface area contributed by atoms with Gasteiger partial charge in [-0.3, -0.25) is 0 Å². The van der Waals surface area contributed by atoms with E-state index in [0.717, 1.165) is 12.2 Å². The molecule has 1 heterocycles. The third-order valence-electron chi connectivity index (χ3n) is 3.25. The molecule has 1 atom stereocenters. The van der Waals surface area contributed by atoms with Crippen LogP contribution in [0.5, 0.6) is 5.88 Å². The molecule has 112 valence electrons. The summed E-state index contributed by atoms with van der Waals surface area (Å²) < 4.78 is 5.58. The second kappa shape index (κ2) is 7.07. The molecule has 2 rings (SSSR count). The van der Waals surface area contributed by atoms with Crippen molar-refractivity contribution in [3.63, 3.8) is 0 Å². The quantitative estimate of drug-likeness (QED) is 0.871.